The summed E-state index contributed by atoms with van der Waals surface area (Å²) in [6, 6.07) is 4.82. The number of aromatic nitrogens is 3. The highest BCUT2D eigenvalue weighted by Crippen LogP contribution is 2.19. The topological polar surface area (TPSA) is 70.0 Å². The first kappa shape index (κ1) is 22.2. The highest BCUT2D eigenvalue weighted by atomic mass is 127. The second kappa shape index (κ2) is 9.90. The molecule has 0 radical (unpaired) electrons. The highest BCUT2D eigenvalue weighted by molar-refractivity contribution is 14.0. The molecular formula is C20H28FIN6. The van der Waals surface area contributed by atoms with Gasteiger partial charge in [-0.15, -0.1) is 24.0 Å². The van der Waals surface area contributed by atoms with Gasteiger partial charge in [-0.2, -0.15) is 5.10 Å². The zero-order valence-corrected chi connectivity index (χ0v) is 19.1. The fraction of sp³-hybridized carbons (Fsp3) is 0.400. The highest BCUT2D eigenvalue weighted by Gasteiger charge is 2.09. The fourth-order valence-corrected chi connectivity index (χ4v) is 3.38. The first-order chi connectivity index (χ1) is 13.0. The molecule has 0 aliphatic rings. The monoisotopic (exact) mass is 498 g/mol. The van der Waals surface area contributed by atoms with Gasteiger partial charge in [0.05, 0.1) is 5.69 Å². The van der Waals surface area contributed by atoms with E-state index in [-0.39, 0.29) is 29.8 Å². The lowest BCUT2D eigenvalue weighted by Gasteiger charge is -2.12. The number of rotatable bonds is 6. The quantitative estimate of drug-likeness (QED) is 0.278. The van der Waals surface area contributed by atoms with E-state index < -0.39 is 0 Å². The number of aryl methyl sites for hydroxylation is 2. The Morgan fingerprint density at radius 1 is 1.21 bits per heavy atom. The number of halogens is 2. The summed E-state index contributed by atoms with van der Waals surface area (Å²) in [7, 11) is 3.73. The van der Waals surface area contributed by atoms with Gasteiger partial charge in [-0.3, -0.25) is 9.67 Å². The maximum Gasteiger partial charge on any atom is 0.190 e. The predicted octanol–water partition coefficient (Wildman–Crippen LogP) is 3.23. The van der Waals surface area contributed by atoms with Crippen molar-refractivity contribution in [1.82, 2.24) is 25.4 Å². The zero-order valence-electron chi connectivity index (χ0n) is 16.8. The van der Waals surface area contributed by atoms with Crippen molar-refractivity contribution in [3.63, 3.8) is 0 Å². The van der Waals surface area contributed by atoms with E-state index in [2.05, 4.69) is 32.6 Å². The van der Waals surface area contributed by atoms with Gasteiger partial charge in [0.2, 0.25) is 0 Å². The van der Waals surface area contributed by atoms with E-state index >= 15 is 0 Å². The molecule has 0 saturated carbocycles. The van der Waals surface area contributed by atoms with Gasteiger partial charge in [0.1, 0.15) is 5.82 Å². The Kier molecular flexibility index (Phi) is 7.85. The number of aliphatic imine (C=N–C) groups is 1. The van der Waals surface area contributed by atoms with Crippen molar-refractivity contribution in [2.45, 2.75) is 26.7 Å². The number of aromatic amines is 1. The van der Waals surface area contributed by atoms with Crippen molar-refractivity contribution in [3.8, 4) is 0 Å². The van der Waals surface area contributed by atoms with Crippen LogP contribution < -0.4 is 10.6 Å². The standard InChI is InChI=1S/C20H27FN6.HI/c1-13-17(14(2)27(4)26-13)8-10-24-20(22-3)23-9-7-15-12-25-19-6-5-16(21)11-18(15)19;/h5-6,11-12,25H,7-10H2,1-4H3,(H2,22,23,24);1H. The van der Waals surface area contributed by atoms with Gasteiger partial charge in [-0.05, 0) is 56.0 Å². The molecule has 3 aromatic rings. The number of benzene rings is 1. The van der Waals surface area contributed by atoms with E-state index in [4.69, 9.17) is 0 Å². The maximum absolute atomic E-state index is 13.5. The molecule has 1 aromatic carbocycles. The summed E-state index contributed by atoms with van der Waals surface area (Å²) in [5.74, 6) is 0.551. The van der Waals surface area contributed by atoms with Crippen LogP contribution in [-0.4, -0.2) is 40.9 Å². The molecule has 0 spiro atoms. The summed E-state index contributed by atoms with van der Waals surface area (Å²) in [5.41, 5.74) is 5.60. The first-order valence-electron chi connectivity index (χ1n) is 9.18. The number of hydrogen-bond donors (Lipinski definition) is 3. The third kappa shape index (κ3) is 5.03. The molecule has 0 unspecified atom stereocenters. The maximum atomic E-state index is 13.5. The summed E-state index contributed by atoms with van der Waals surface area (Å²) < 4.78 is 15.4. The van der Waals surface area contributed by atoms with E-state index in [0.29, 0.717) is 6.54 Å². The summed E-state index contributed by atoms with van der Waals surface area (Å²) in [6.07, 6.45) is 3.62. The lowest BCUT2D eigenvalue weighted by atomic mass is 10.1. The minimum atomic E-state index is -0.213. The van der Waals surface area contributed by atoms with Crippen LogP contribution in [0, 0.1) is 19.7 Å². The van der Waals surface area contributed by atoms with Gasteiger partial charge >= 0.3 is 0 Å². The molecule has 2 aromatic heterocycles. The zero-order chi connectivity index (χ0) is 19.4. The average Bonchev–Trinajstić information content (AvgIpc) is 3.15. The Morgan fingerprint density at radius 2 is 1.93 bits per heavy atom. The Labute approximate surface area is 182 Å². The molecule has 0 fully saturated rings. The predicted molar refractivity (Wildman–Crippen MR) is 123 cm³/mol. The van der Waals surface area contributed by atoms with Crippen molar-refractivity contribution in [2.24, 2.45) is 12.0 Å². The SMILES string of the molecule is CN=C(NCCc1c(C)nn(C)c1C)NCCc1c[nH]c2ccc(F)cc12.I. The summed E-state index contributed by atoms with van der Waals surface area (Å²) >= 11 is 0. The van der Waals surface area contributed by atoms with Crippen LogP contribution in [0.4, 0.5) is 4.39 Å². The molecule has 0 aliphatic carbocycles. The van der Waals surface area contributed by atoms with Crippen LogP contribution >= 0.6 is 24.0 Å². The van der Waals surface area contributed by atoms with Gasteiger partial charge < -0.3 is 15.6 Å². The minimum Gasteiger partial charge on any atom is -0.361 e. The molecule has 2 heterocycles. The van der Waals surface area contributed by atoms with Crippen molar-refractivity contribution >= 4 is 40.8 Å². The molecule has 3 rings (SSSR count). The average molecular weight is 498 g/mol. The molecule has 8 heteroatoms. The van der Waals surface area contributed by atoms with Gasteiger partial charge in [0.15, 0.2) is 5.96 Å². The molecule has 0 bridgehead atoms. The van der Waals surface area contributed by atoms with Crippen LogP contribution in [0.3, 0.4) is 0 Å². The second-order valence-electron chi connectivity index (χ2n) is 6.70. The summed E-state index contributed by atoms with van der Waals surface area (Å²) in [4.78, 5) is 7.45. The van der Waals surface area contributed by atoms with Crippen LogP contribution in [0.1, 0.15) is 22.5 Å². The molecular weight excluding hydrogens is 470 g/mol. The Morgan fingerprint density at radius 3 is 2.57 bits per heavy atom. The van der Waals surface area contributed by atoms with Crippen LogP contribution in [0.2, 0.25) is 0 Å². The molecule has 152 valence electrons. The molecule has 0 saturated heterocycles. The molecule has 0 amide bonds. The summed E-state index contributed by atoms with van der Waals surface area (Å²) in [6.45, 7) is 5.63. The molecule has 28 heavy (non-hydrogen) atoms. The smallest absolute Gasteiger partial charge is 0.190 e. The second-order valence-corrected chi connectivity index (χ2v) is 6.70. The van der Waals surface area contributed by atoms with Gasteiger partial charge in [-0.25, -0.2) is 4.39 Å². The van der Waals surface area contributed by atoms with E-state index in [0.717, 1.165) is 47.5 Å². The van der Waals surface area contributed by atoms with Crippen LogP contribution in [0.25, 0.3) is 10.9 Å². The Balaban J connectivity index is 0.00000280. The van der Waals surface area contributed by atoms with Gasteiger partial charge in [0, 0.05) is 50.0 Å². The van der Waals surface area contributed by atoms with Gasteiger partial charge in [0.25, 0.3) is 0 Å². The van der Waals surface area contributed by atoms with Crippen molar-refractivity contribution in [3.05, 3.63) is 52.7 Å². The number of guanidine groups is 1. The van der Waals surface area contributed by atoms with Crippen molar-refractivity contribution in [2.75, 3.05) is 20.1 Å². The minimum absolute atomic E-state index is 0. The number of hydrogen-bond acceptors (Lipinski definition) is 2. The van der Waals surface area contributed by atoms with Crippen molar-refractivity contribution in [1.29, 1.82) is 0 Å². The number of H-pyrrole nitrogens is 1. The van der Waals surface area contributed by atoms with Gasteiger partial charge in [-0.1, -0.05) is 0 Å². The first-order valence-corrected chi connectivity index (χ1v) is 9.18. The number of fused-ring (bicyclic) bond motifs is 1. The molecule has 3 N–H and O–H groups in total. The third-order valence-corrected chi connectivity index (χ3v) is 4.97. The van der Waals surface area contributed by atoms with Crippen LogP contribution in [0.15, 0.2) is 29.4 Å². The van der Waals surface area contributed by atoms with E-state index in [1.807, 2.05) is 24.9 Å². The molecule has 0 atom stereocenters. The Hall–Kier alpha value is -2.10. The summed E-state index contributed by atoms with van der Waals surface area (Å²) in [5, 5.41) is 12.0. The Bertz CT molecular complexity index is 959. The number of nitrogens with one attached hydrogen (secondary N) is 3. The fourth-order valence-electron chi connectivity index (χ4n) is 3.38. The van der Waals surface area contributed by atoms with E-state index in [1.54, 1.807) is 19.2 Å². The third-order valence-electron chi connectivity index (χ3n) is 4.97. The van der Waals surface area contributed by atoms with Crippen molar-refractivity contribution < 1.29 is 4.39 Å². The van der Waals surface area contributed by atoms with Crippen LogP contribution in [0.5, 0.6) is 0 Å². The largest absolute Gasteiger partial charge is 0.361 e. The molecule has 6 nitrogen and oxygen atoms in total. The lowest BCUT2D eigenvalue weighted by Crippen LogP contribution is -2.39. The molecule has 0 aliphatic heterocycles. The van der Waals surface area contributed by atoms with Crippen LogP contribution in [-0.2, 0) is 19.9 Å². The number of nitrogens with zero attached hydrogens (tertiary/aromatic N) is 3. The van der Waals surface area contributed by atoms with E-state index in [9.17, 15) is 4.39 Å². The lowest BCUT2D eigenvalue weighted by molar-refractivity contribution is 0.629. The normalized spacial score (nSPS) is 11.5. The van der Waals surface area contributed by atoms with E-state index in [1.165, 1.54) is 17.3 Å².